The zero-order valence-corrected chi connectivity index (χ0v) is 24.5. The molecule has 2 aliphatic carbocycles. The monoisotopic (exact) mass is 528 g/mol. The molecule has 1 atom stereocenters. The highest BCUT2D eigenvalue weighted by atomic mass is 14.4. The molecule has 0 saturated heterocycles. The molecule has 6 aromatic carbocycles. The van der Waals surface area contributed by atoms with Crippen molar-refractivity contribution in [1.29, 1.82) is 0 Å². The van der Waals surface area contributed by atoms with Crippen LogP contribution in [0.5, 0.6) is 0 Å². The third kappa shape index (κ3) is 3.60. The van der Waals surface area contributed by atoms with E-state index in [-0.39, 0.29) is 5.41 Å². The molecule has 1 unspecified atom stereocenters. The van der Waals surface area contributed by atoms with Crippen LogP contribution in [0, 0.1) is 0 Å². The predicted octanol–water partition coefficient (Wildman–Crippen LogP) is 11.2. The Balaban J connectivity index is 1.38. The van der Waals surface area contributed by atoms with E-state index in [1.807, 2.05) is 0 Å². The van der Waals surface area contributed by atoms with Gasteiger partial charge in [0.1, 0.15) is 0 Å². The number of fused-ring (bicyclic) bond motifs is 8. The summed E-state index contributed by atoms with van der Waals surface area (Å²) in [5, 5.41) is 5.45. The fraction of sp³-hybridized carbons (Fsp3) is 0.220. The van der Waals surface area contributed by atoms with Crippen LogP contribution in [0.4, 0.5) is 0 Å². The lowest BCUT2D eigenvalue weighted by Crippen LogP contribution is -2.15. The summed E-state index contributed by atoms with van der Waals surface area (Å²) in [7, 11) is 0. The molecule has 0 N–H and O–H groups in total. The average Bonchev–Trinajstić information content (AvgIpc) is 3.53. The first kappa shape index (κ1) is 24.6. The van der Waals surface area contributed by atoms with Crippen molar-refractivity contribution >= 4 is 21.5 Å². The number of hydrogen-bond acceptors (Lipinski definition) is 0. The van der Waals surface area contributed by atoms with Crippen molar-refractivity contribution in [2.75, 3.05) is 0 Å². The average molecular weight is 529 g/mol. The van der Waals surface area contributed by atoms with Crippen molar-refractivity contribution < 1.29 is 0 Å². The fourth-order valence-corrected chi connectivity index (χ4v) is 7.94. The minimum absolute atomic E-state index is 0.0736. The minimum Gasteiger partial charge on any atom is -0.0622 e. The zero-order chi connectivity index (χ0) is 27.9. The molecule has 0 nitrogen and oxygen atoms in total. The number of aryl methyl sites for hydroxylation is 1. The molecule has 41 heavy (non-hydrogen) atoms. The molecule has 0 fully saturated rings. The van der Waals surface area contributed by atoms with Crippen molar-refractivity contribution in [3.05, 3.63) is 143 Å². The molecule has 0 radical (unpaired) electrons. The Kier molecular flexibility index (Phi) is 5.36. The van der Waals surface area contributed by atoms with Gasteiger partial charge >= 0.3 is 0 Å². The van der Waals surface area contributed by atoms with E-state index in [4.69, 9.17) is 0 Å². The number of hydrogen-bond donors (Lipinski definition) is 0. The highest BCUT2D eigenvalue weighted by Crippen LogP contribution is 2.54. The summed E-state index contributed by atoms with van der Waals surface area (Å²) >= 11 is 0. The van der Waals surface area contributed by atoms with E-state index in [1.165, 1.54) is 90.0 Å². The first-order valence-corrected chi connectivity index (χ1v) is 15.2. The molecular formula is C41H36. The quantitative estimate of drug-likeness (QED) is 0.200. The van der Waals surface area contributed by atoms with Crippen LogP contribution >= 0.6 is 0 Å². The maximum Gasteiger partial charge on any atom is 0.0165 e. The van der Waals surface area contributed by atoms with Gasteiger partial charge in [-0.1, -0.05) is 131 Å². The van der Waals surface area contributed by atoms with Crippen LogP contribution < -0.4 is 0 Å². The molecule has 0 aromatic heterocycles. The molecule has 0 heteroatoms. The Morgan fingerprint density at radius 2 is 1.39 bits per heavy atom. The second-order valence-electron chi connectivity index (χ2n) is 13.1. The molecular weight excluding hydrogens is 492 g/mol. The third-order valence-electron chi connectivity index (χ3n) is 10.1. The summed E-state index contributed by atoms with van der Waals surface area (Å²) in [6.45, 7) is 9.43. The van der Waals surface area contributed by atoms with Gasteiger partial charge in [-0.3, -0.25) is 0 Å². The molecule has 0 saturated carbocycles. The summed E-state index contributed by atoms with van der Waals surface area (Å²) in [4.78, 5) is 0. The Labute approximate surface area is 243 Å². The molecule has 0 amide bonds. The molecule has 0 bridgehead atoms. The Bertz CT molecular complexity index is 1990. The van der Waals surface area contributed by atoms with Crippen molar-refractivity contribution in [1.82, 2.24) is 0 Å². The lowest BCUT2D eigenvalue weighted by atomic mass is 9.78. The molecule has 0 heterocycles. The topological polar surface area (TPSA) is 0 Å². The van der Waals surface area contributed by atoms with Crippen LogP contribution in [-0.4, -0.2) is 0 Å². The number of benzene rings is 6. The van der Waals surface area contributed by atoms with Crippen molar-refractivity contribution in [2.24, 2.45) is 0 Å². The van der Waals surface area contributed by atoms with Crippen LogP contribution in [0.2, 0.25) is 0 Å². The van der Waals surface area contributed by atoms with Crippen LogP contribution in [0.15, 0.2) is 109 Å². The van der Waals surface area contributed by atoms with E-state index in [9.17, 15) is 0 Å². The highest BCUT2D eigenvalue weighted by Gasteiger charge is 2.38. The molecule has 2 aliphatic rings. The fourth-order valence-electron chi connectivity index (χ4n) is 7.94. The van der Waals surface area contributed by atoms with E-state index in [0.29, 0.717) is 11.8 Å². The van der Waals surface area contributed by atoms with Crippen LogP contribution in [0.1, 0.15) is 79.3 Å². The Hall–Kier alpha value is -4.16. The lowest BCUT2D eigenvalue weighted by molar-refractivity contribution is 0.665. The summed E-state index contributed by atoms with van der Waals surface area (Å²) in [5.41, 5.74) is 14.2. The first-order chi connectivity index (χ1) is 19.9. The highest BCUT2D eigenvalue weighted by molar-refractivity contribution is 6.16. The maximum absolute atomic E-state index is 2.52. The van der Waals surface area contributed by atoms with Crippen LogP contribution in [0.25, 0.3) is 43.8 Å². The van der Waals surface area contributed by atoms with E-state index < -0.39 is 0 Å². The van der Waals surface area contributed by atoms with Gasteiger partial charge in [-0.2, -0.15) is 0 Å². The van der Waals surface area contributed by atoms with Crippen LogP contribution in [0.3, 0.4) is 0 Å². The summed E-state index contributed by atoms with van der Waals surface area (Å²) < 4.78 is 0. The van der Waals surface area contributed by atoms with Gasteiger partial charge in [-0.15, -0.1) is 0 Å². The summed E-state index contributed by atoms with van der Waals surface area (Å²) in [5.74, 6) is 0.987. The van der Waals surface area contributed by atoms with Gasteiger partial charge in [-0.05, 0) is 102 Å². The second kappa shape index (κ2) is 8.92. The van der Waals surface area contributed by atoms with Gasteiger partial charge in [0.25, 0.3) is 0 Å². The smallest absolute Gasteiger partial charge is 0.0165 e. The molecule has 6 aromatic rings. The maximum atomic E-state index is 2.52. The SMILES string of the molecule is CC(C)c1ccc2c(c1)c(-c1ccccc1)cc1c3c(ccc12)-c1cc(C2CCc4ccccc42)ccc1C3(C)C. The van der Waals surface area contributed by atoms with Crippen LogP contribution in [-0.2, 0) is 11.8 Å². The second-order valence-corrected chi connectivity index (χ2v) is 13.1. The molecule has 8 rings (SSSR count). The lowest BCUT2D eigenvalue weighted by Gasteiger charge is -2.25. The van der Waals surface area contributed by atoms with Crippen molar-refractivity contribution in [3.63, 3.8) is 0 Å². The van der Waals surface area contributed by atoms with E-state index in [0.717, 1.165) is 0 Å². The minimum atomic E-state index is -0.0736. The van der Waals surface area contributed by atoms with Gasteiger partial charge in [0.15, 0.2) is 0 Å². The van der Waals surface area contributed by atoms with E-state index in [1.54, 1.807) is 0 Å². The van der Waals surface area contributed by atoms with E-state index in [2.05, 4.69) is 137 Å². The predicted molar refractivity (Wildman–Crippen MR) is 175 cm³/mol. The van der Waals surface area contributed by atoms with Gasteiger partial charge in [-0.25, -0.2) is 0 Å². The van der Waals surface area contributed by atoms with Gasteiger partial charge < -0.3 is 0 Å². The standard InChI is InChI=1S/C41H36/c1-25(2)28-15-18-32-33-19-20-34-37-23-29(31-17-14-27-12-8-9-13-30(27)31)16-21-39(37)41(3,4)40(34)38(33)24-35(36(32)22-28)26-10-6-5-7-11-26/h5-13,15-16,18-25,31H,14,17H2,1-4H3. The molecule has 200 valence electrons. The largest absolute Gasteiger partial charge is 0.0622 e. The van der Waals surface area contributed by atoms with Gasteiger partial charge in [0, 0.05) is 11.3 Å². The molecule has 0 aliphatic heterocycles. The Morgan fingerprint density at radius 1 is 0.634 bits per heavy atom. The summed E-state index contributed by atoms with van der Waals surface area (Å²) in [6.07, 6.45) is 2.38. The van der Waals surface area contributed by atoms with Crippen molar-refractivity contribution in [3.8, 4) is 22.3 Å². The van der Waals surface area contributed by atoms with Gasteiger partial charge in [0.05, 0.1) is 0 Å². The normalized spacial score (nSPS) is 16.8. The first-order valence-electron chi connectivity index (χ1n) is 15.2. The number of rotatable bonds is 3. The molecule has 0 spiro atoms. The van der Waals surface area contributed by atoms with Gasteiger partial charge in [0.2, 0.25) is 0 Å². The Morgan fingerprint density at radius 3 is 2.22 bits per heavy atom. The third-order valence-corrected chi connectivity index (χ3v) is 10.1. The summed E-state index contributed by atoms with van der Waals surface area (Å²) in [6, 6.07) is 41.8. The van der Waals surface area contributed by atoms with Crippen molar-refractivity contribution in [2.45, 2.75) is 57.8 Å². The van der Waals surface area contributed by atoms with E-state index >= 15 is 0 Å². The zero-order valence-electron chi connectivity index (χ0n) is 24.5.